The zero-order valence-corrected chi connectivity index (χ0v) is 14.1. The van der Waals surface area contributed by atoms with Crippen molar-refractivity contribution in [3.05, 3.63) is 0 Å². The van der Waals surface area contributed by atoms with Gasteiger partial charge in [0.1, 0.15) is 0 Å². The van der Waals surface area contributed by atoms with Gasteiger partial charge in [-0.05, 0) is 75.2 Å². The van der Waals surface area contributed by atoms with Crippen LogP contribution in [0.15, 0.2) is 0 Å². The van der Waals surface area contributed by atoms with E-state index in [4.69, 9.17) is 4.74 Å². The summed E-state index contributed by atoms with van der Waals surface area (Å²) in [6.07, 6.45) is 9.63. The van der Waals surface area contributed by atoms with Crippen molar-refractivity contribution in [2.75, 3.05) is 20.3 Å². The maximum absolute atomic E-state index is 5.49. The highest BCUT2D eigenvalue weighted by atomic mass is 16.5. The Morgan fingerprint density at radius 1 is 1.00 bits per heavy atom. The molecule has 2 rings (SSSR count). The monoisotopic (exact) mass is 281 g/mol. The summed E-state index contributed by atoms with van der Waals surface area (Å²) in [7, 11) is 2.17. The van der Waals surface area contributed by atoms with Gasteiger partial charge in [-0.3, -0.25) is 0 Å². The van der Waals surface area contributed by atoms with Gasteiger partial charge in [0.15, 0.2) is 0 Å². The highest BCUT2D eigenvalue weighted by Gasteiger charge is 2.33. The lowest BCUT2D eigenvalue weighted by molar-refractivity contribution is 0.0542. The van der Waals surface area contributed by atoms with Gasteiger partial charge in [-0.1, -0.05) is 20.8 Å². The molecule has 1 aliphatic heterocycles. The second-order valence-electron chi connectivity index (χ2n) is 8.16. The van der Waals surface area contributed by atoms with Crippen molar-refractivity contribution in [1.82, 2.24) is 5.32 Å². The molecule has 20 heavy (non-hydrogen) atoms. The molecule has 2 fully saturated rings. The van der Waals surface area contributed by atoms with Gasteiger partial charge in [-0.15, -0.1) is 0 Å². The van der Waals surface area contributed by atoms with Gasteiger partial charge in [0.05, 0.1) is 0 Å². The quantitative estimate of drug-likeness (QED) is 0.832. The molecule has 0 aromatic heterocycles. The molecule has 1 saturated heterocycles. The Morgan fingerprint density at radius 2 is 1.60 bits per heavy atom. The summed E-state index contributed by atoms with van der Waals surface area (Å²) in [6.45, 7) is 9.20. The molecule has 2 heteroatoms. The summed E-state index contributed by atoms with van der Waals surface area (Å²) >= 11 is 0. The van der Waals surface area contributed by atoms with Crippen molar-refractivity contribution in [3.63, 3.8) is 0 Å². The Hall–Kier alpha value is -0.0800. The minimum absolute atomic E-state index is 0.501. The van der Waals surface area contributed by atoms with Crippen molar-refractivity contribution in [2.24, 2.45) is 23.2 Å². The Balaban J connectivity index is 1.80. The predicted octanol–water partition coefficient (Wildman–Crippen LogP) is 4.24. The van der Waals surface area contributed by atoms with Crippen molar-refractivity contribution >= 4 is 0 Å². The molecule has 1 aliphatic carbocycles. The van der Waals surface area contributed by atoms with Crippen LogP contribution in [0.1, 0.15) is 65.7 Å². The lowest BCUT2D eigenvalue weighted by atomic mass is 9.68. The maximum atomic E-state index is 5.49. The fraction of sp³-hybridized carbons (Fsp3) is 1.00. The molecule has 2 aliphatic rings. The van der Waals surface area contributed by atoms with Crippen LogP contribution in [0.25, 0.3) is 0 Å². The normalized spacial score (nSPS) is 31.2. The maximum Gasteiger partial charge on any atom is 0.0468 e. The van der Waals surface area contributed by atoms with Crippen LogP contribution in [-0.4, -0.2) is 26.3 Å². The van der Waals surface area contributed by atoms with Gasteiger partial charge in [0.2, 0.25) is 0 Å². The summed E-state index contributed by atoms with van der Waals surface area (Å²) < 4.78 is 5.49. The smallest absolute Gasteiger partial charge is 0.0468 e. The second-order valence-corrected chi connectivity index (χ2v) is 8.16. The van der Waals surface area contributed by atoms with E-state index in [-0.39, 0.29) is 0 Å². The lowest BCUT2D eigenvalue weighted by Crippen LogP contribution is -2.39. The summed E-state index contributed by atoms with van der Waals surface area (Å²) in [5.41, 5.74) is 0.501. The topological polar surface area (TPSA) is 21.3 Å². The molecule has 0 amide bonds. The van der Waals surface area contributed by atoms with Crippen LogP contribution in [0.4, 0.5) is 0 Å². The van der Waals surface area contributed by atoms with Crippen LogP contribution >= 0.6 is 0 Å². The summed E-state index contributed by atoms with van der Waals surface area (Å²) in [5, 5.41) is 3.63. The van der Waals surface area contributed by atoms with Gasteiger partial charge in [0, 0.05) is 19.3 Å². The van der Waals surface area contributed by atoms with Gasteiger partial charge < -0.3 is 10.1 Å². The first-order chi connectivity index (χ1) is 9.50. The van der Waals surface area contributed by atoms with Crippen molar-refractivity contribution < 1.29 is 4.74 Å². The van der Waals surface area contributed by atoms with Crippen LogP contribution in [0, 0.1) is 23.2 Å². The first-order valence-electron chi connectivity index (χ1n) is 8.75. The van der Waals surface area contributed by atoms with Gasteiger partial charge >= 0.3 is 0 Å². The fourth-order valence-electron chi connectivity index (χ4n) is 4.27. The number of nitrogens with one attached hydrogen (secondary N) is 1. The van der Waals surface area contributed by atoms with E-state index in [0.29, 0.717) is 5.41 Å². The van der Waals surface area contributed by atoms with Crippen LogP contribution in [0.2, 0.25) is 0 Å². The number of hydrogen-bond donors (Lipinski definition) is 1. The Bertz CT molecular complexity index is 270. The van der Waals surface area contributed by atoms with E-state index in [0.717, 1.165) is 37.0 Å². The lowest BCUT2D eigenvalue weighted by Gasteiger charge is -2.40. The van der Waals surface area contributed by atoms with Crippen LogP contribution in [-0.2, 0) is 4.74 Å². The third-order valence-corrected chi connectivity index (χ3v) is 5.86. The number of ether oxygens (including phenoxy) is 1. The SMILES string of the molecule is CNC(CC1CCOCC1)C1CCC(C(C)(C)C)CC1. The van der Waals surface area contributed by atoms with E-state index in [2.05, 4.69) is 33.1 Å². The molecule has 0 radical (unpaired) electrons. The van der Waals surface area contributed by atoms with Crippen molar-refractivity contribution in [2.45, 2.75) is 71.8 Å². The van der Waals surface area contributed by atoms with Crippen LogP contribution in [0.5, 0.6) is 0 Å². The number of hydrogen-bond acceptors (Lipinski definition) is 2. The molecule has 2 nitrogen and oxygen atoms in total. The van der Waals surface area contributed by atoms with E-state index in [1.54, 1.807) is 0 Å². The molecule has 0 aromatic carbocycles. The largest absolute Gasteiger partial charge is 0.381 e. The van der Waals surface area contributed by atoms with E-state index < -0.39 is 0 Å². The first kappa shape index (κ1) is 16.3. The molecule has 1 atom stereocenters. The zero-order chi connectivity index (χ0) is 14.6. The molecule has 1 saturated carbocycles. The standard InChI is InChI=1S/C18H35NO/c1-18(2,3)16-7-5-15(6-8-16)17(19-4)13-14-9-11-20-12-10-14/h14-17,19H,5-13H2,1-4H3. The van der Waals surface area contributed by atoms with E-state index >= 15 is 0 Å². The third-order valence-electron chi connectivity index (χ3n) is 5.86. The Morgan fingerprint density at radius 3 is 2.10 bits per heavy atom. The highest BCUT2D eigenvalue weighted by molar-refractivity contribution is 4.86. The average Bonchev–Trinajstić information content (AvgIpc) is 2.45. The van der Waals surface area contributed by atoms with Gasteiger partial charge in [-0.2, -0.15) is 0 Å². The third kappa shape index (κ3) is 4.46. The zero-order valence-electron chi connectivity index (χ0n) is 14.1. The van der Waals surface area contributed by atoms with Crippen LogP contribution < -0.4 is 5.32 Å². The second kappa shape index (κ2) is 7.26. The Kier molecular flexibility index (Phi) is 5.92. The average molecular weight is 281 g/mol. The molecule has 1 N–H and O–H groups in total. The molecular weight excluding hydrogens is 246 g/mol. The number of rotatable bonds is 4. The van der Waals surface area contributed by atoms with Gasteiger partial charge in [-0.25, -0.2) is 0 Å². The Labute approximate surface area is 126 Å². The summed E-state index contributed by atoms with van der Waals surface area (Å²) in [5.74, 6) is 2.72. The molecule has 1 heterocycles. The molecule has 1 unspecified atom stereocenters. The fourth-order valence-corrected chi connectivity index (χ4v) is 4.27. The van der Waals surface area contributed by atoms with Gasteiger partial charge in [0.25, 0.3) is 0 Å². The minimum Gasteiger partial charge on any atom is -0.381 e. The minimum atomic E-state index is 0.501. The van der Waals surface area contributed by atoms with Crippen molar-refractivity contribution in [3.8, 4) is 0 Å². The molecule has 0 bridgehead atoms. The molecule has 118 valence electrons. The van der Waals surface area contributed by atoms with Crippen LogP contribution in [0.3, 0.4) is 0 Å². The molecular formula is C18H35NO. The first-order valence-corrected chi connectivity index (χ1v) is 8.75. The van der Waals surface area contributed by atoms with E-state index in [1.807, 2.05) is 0 Å². The van der Waals surface area contributed by atoms with Crippen molar-refractivity contribution in [1.29, 1.82) is 0 Å². The summed E-state index contributed by atoms with van der Waals surface area (Å²) in [6, 6.07) is 0.735. The van der Waals surface area contributed by atoms with E-state index in [1.165, 1.54) is 44.9 Å². The molecule has 0 spiro atoms. The summed E-state index contributed by atoms with van der Waals surface area (Å²) in [4.78, 5) is 0. The van der Waals surface area contributed by atoms with E-state index in [9.17, 15) is 0 Å². The predicted molar refractivity (Wildman–Crippen MR) is 85.9 cm³/mol. The highest BCUT2D eigenvalue weighted by Crippen LogP contribution is 2.41. The molecule has 0 aromatic rings.